The predicted octanol–water partition coefficient (Wildman–Crippen LogP) is 3.98. The van der Waals surface area contributed by atoms with Crippen molar-refractivity contribution >= 4 is 23.3 Å². The van der Waals surface area contributed by atoms with Crippen LogP contribution in [0.4, 0.5) is 5.82 Å². The van der Waals surface area contributed by atoms with Crippen LogP contribution in [0.2, 0.25) is 5.02 Å². The van der Waals surface area contributed by atoms with E-state index in [4.69, 9.17) is 11.6 Å². The molecule has 6 heteroatoms. The van der Waals surface area contributed by atoms with Crippen LogP contribution in [0.1, 0.15) is 27.2 Å². The molecule has 0 atom stereocenters. The molecule has 0 saturated heterocycles. The molecule has 2 N–H and O–H groups in total. The summed E-state index contributed by atoms with van der Waals surface area (Å²) in [5, 5.41) is 14.7. The molecule has 5 nitrogen and oxygen atoms in total. The van der Waals surface area contributed by atoms with E-state index < -0.39 is 0 Å². The number of hydrogen-bond donors (Lipinski definition) is 2. The maximum absolute atomic E-state index is 12.1. The number of carbonyl (C=O) groups is 1. The molecular weight excluding hydrogens is 348 g/mol. The van der Waals surface area contributed by atoms with Gasteiger partial charge in [0.15, 0.2) is 5.69 Å². The van der Waals surface area contributed by atoms with Gasteiger partial charge in [-0.1, -0.05) is 53.6 Å². The Hall–Kier alpha value is -2.92. The average Bonchev–Trinajstić information content (AvgIpc) is 2.67. The molecule has 0 unspecified atom stereocenters. The molecule has 0 saturated carbocycles. The van der Waals surface area contributed by atoms with Crippen LogP contribution < -0.4 is 10.6 Å². The van der Waals surface area contributed by atoms with E-state index in [2.05, 4.69) is 52.0 Å². The van der Waals surface area contributed by atoms with Crippen molar-refractivity contribution in [3.05, 3.63) is 88.1 Å². The van der Waals surface area contributed by atoms with Crippen LogP contribution in [-0.4, -0.2) is 16.1 Å². The van der Waals surface area contributed by atoms with Gasteiger partial charge in [-0.05, 0) is 42.3 Å². The number of nitrogens with one attached hydrogen (secondary N) is 2. The van der Waals surface area contributed by atoms with Gasteiger partial charge in [0.25, 0.3) is 5.91 Å². The van der Waals surface area contributed by atoms with Gasteiger partial charge in [0.2, 0.25) is 0 Å². The molecule has 1 amide bonds. The normalized spacial score (nSPS) is 10.4. The Balaban J connectivity index is 1.52. The lowest BCUT2D eigenvalue weighted by Crippen LogP contribution is -2.24. The minimum atomic E-state index is -0.266. The first-order valence-corrected chi connectivity index (χ1v) is 8.64. The van der Waals surface area contributed by atoms with Gasteiger partial charge < -0.3 is 10.6 Å². The predicted molar refractivity (Wildman–Crippen MR) is 103 cm³/mol. The number of aromatic nitrogens is 2. The second kappa shape index (κ2) is 8.45. The summed E-state index contributed by atoms with van der Waals surface area (Å²) in [6, 6.07) is 19.0. The summed E-state index contributed by atoms with van der Waals surface area (Å²) in [5.74, 6) is 0.359. The van der Waals surface area contributed by atoms with Gasteiger partial charge in [-0.25, -0.2) is 0 Å². The van der Waals surface area contributed by atoms with Crippen LogP contribution in [0.5, 0.6) is 0 Å². The fraction of sp³-hybridized carbons (Fsp3) is 0.150. The molecule has 0 radical (unpaired) electrons. The van der Waals surface area contributed by atoms with Gasteiger partial charge in [-0.2, -0.15) is 0 Å². The van der Waals surface area contributed by atoms with Gasteiger partial charge in [0.1, 0.15) is 5.82 Å². The van der Waals surface area contributed by atoms with E-state index in [1.54, 1.807) is 24.3 Å². The van der Waals surface area contributed by atoms with Crippen LogP contribution in [-0.2, 0) is 13.1 Å². The number of nitrogens with zero attached hydrogens (tertiary/aromatic N) is 2. The molecule has 1 aromatic heterocycles. The highest BCUT2D eigenvalue weighted by atomic mass is 35.5. The molecule has 2 aromatic carbocycles. The number of rotatable bonds is 6. The minimum absolute atomic E-state index is 0.266. The van der Waals surface area contributed by atoms with Crippen LogP contribution in [0, 0.1) is 6.92 Å². The number of halogens is 1. The largest absolute Gasteiger partial charge is 0.365 e. The summed E-state index contributed by atoms with van der Waals surface area (Å²) in [5.41, 5.74) is 3.62. The van der Waals surface area contributed by atoms with E-state index in [9.17, 15) is 4.79 Å². The number of aryl methyl sites for hydroxylation is 1. The van der Waals surface area contributed by atoms with Crippen molar-refractivity contribution in [1.29, 1.82) is 0 Å². The second-order valence-corrected chi connectivity index (χ2v) is 6.39. The highest BCUT2D eigenvalue weighted by Gasteiger charge is 2.08. The maximum atomic E-state index is 12.1. The van der Waals surface area contributed by atoms with Crippen molar-refractivity contribution in [2.75, 3.05) is 5.32 Å². The molecule has 0 aliphatic rings. The number of hydrogen-bond acceptors (Lipinski definition) is 4. The lowest BCUT2D eigenvalue weighted by Gasteiger charge is -2.07. The van der Waals surface area contributed by atoms with Gasteiger partial charge in [-0.15, -0.1) is 10.2 Å². The Morgan fingerprint density at radius 1 is 0.885 bits per heavy atom. The van der Waals surface area contributed by atoms with E-state index in [0.717, 1.165) is 11.1 Å². The first-order valence-electron chi connectivity index (χ1n) is 8.26. The number of amides is 1. The van der Waals surface area contributed by atoms with Crippen LogP contribution in [0.3, 0.4) is 0 Å². The topological polar surface area (TPSA) is 66.9 Å². The molecular formula is C20H19ClN4O. The van der Waals surface area contributed by atoms with Crippen molar-refractivity contribution < 1.29 is 4.79 Å². The molecule has 3 rings (SSSR count). The van der Waals surface area contributed by atoms with Crippen LogP contribution >= 0.6 is 11.6 Å². The lowest BCUT2D eigenvalue weighted by molar-refractivity contribution is 0.0945. The molecule has 0 aliphatic heterocycles. The van der Waals surface area contributed by atoms with E-state index in [1.807, 2.05) is 12.1 Å². The Kier molecular flexibility index (Phi) is 5.81. The molecule has 0 aliphatic carbocycles. The molecule has 26 heavy (non-hydrogen) atoms. The molecule has 0 bridgehead atoms. The fourth-order valence-corrected chi connectivity index (χ4v) is 2.45. The van der Waals surface area contributed by atoms with Crippen LogP contribution in [0.25, 0.3) is 0 Å². The SMILES string of the molecule is Cc1ccc(CNc2ccc(C(=O)NCc3ccc(Cl)cc3)nn2)cc1. The van der Waals surface area contributed by atoms with E-state index in [0.29, 0.717) is 23.9 Å². The van der Waals surface area contributed by atoms with Crippen molar-refractivity contribution in [3.8, 4) is 0 Å². The highest BCUT2D eigenvalue weighted by molar-refractivity contribution is 6.30. The Morgan fingerprint density at radius 2 is 1.54 bits per heavy atom. The average molecular weight is 367 g/mol. The Bertz CT molecular complexity index is 862. The number of benzene rings is 2. The third kappa shape index (κ3) is 5.04. The number of carbonyl (C=O) groups excluding carboxylic acids is 1. The highest BCUT2D eigenvalue weighted by Crippen LogP contribution is 2.10. The summed E-state index contributed by atoms with van der Waals surface area (Å²) in [4.78, 5) is 12.1. The molecule has 1 heterocycles. The minimum Gasteiger partial charge on any atom is -0.365 e. The zero-order chi connectivity index (χ0) is 18.4. The van der Waals surface area contributed by atoms with Gasteiger partial charge in [0, 0.05) is 18.1 Å². The summed E-state index contributed by atoms with van der Waals surface area (Å²) in [7, 11) is 0. The summed E-state index contributed by atoms with van der Waals surface area (Å²) < 4.78 is 0. The first kappa shape index (κ1) is 17.9. The van der Waals surface area contributed by atoms with Gasteiger partial charge in [-0.3, -0.25) is 4.79 Å². The Labute approximate surface area is 157 Å². The smallest absolute Gasteiger partial charge is 0.272 e. The van der Waals surface area contributed by atoms with E-state index >= 15 is 0 Å². The van der Waals surface area contributed by atoms with Crippen molar-refractivity contribution in [2.24, 2.45) is 0 Å². The molecule has 132 valence electrons. The third-order valence-corrected chi connectivity index (χ3v) is 4.11. The van der Waals surface area contributed by atoms with Crippen molar-refractivity contribution in [2.45, 2.75) is 20.0 Å². The second-order valence-electron chi connectivity index (χ2n) is 5.95. The quantitative estimate of drug-likeness (QED) is 0.692. The van der Waals surface area contributed by atoms with Crippen LogP contribution in [0.15, 0.2) is 60.7 Å². The molecule has 0 spiro atoms. The van der Waals surface area contributed by atoms with E-state index in [1.165, 1.54) is 5.56 Å². The fourth-order valence-electron chi connectivity index (χ4n) is 2.32. The standard InChI is InChI=1S/C20H19ClN4O/c1-14-2-4-15(5-3-14)12-22-19-11-10-18(24-25-19)20(26)23-13-16-6-8-17(21)9-7-16/h2-11H,12-13H2,1H3,(H,22,25)(H,23,26). The maximum Gasteiger partial charge on any atom is 0.272 e. The molecule has 3 aromatic rings. The first-order chi connectivity index (χ1) is 12.6. The third-order valence-electron chi connectivity index (χ3n) is 3.86. The van der Waals surface area contributed by atoms with E-state index in [-0.39, 0.29) is 11.6 Å². The summed E-state index contributed by atoms with van der Waals surface area (Å²) in [6.45, 7) is 3.11. The lowest BCUT2D eigenvalue weighted by atomic mass is 10.1. The van der Waals surface area contributed by atoms with Gasteiger partial charge >= 0.3 is 0 Å². The summed E-state index contributed by atoms with van der Waals surface area (Å²) >= 11 is 5.85. The Morgan fingerprint density at radius 3 is 2.19 bits per heavy atom. The number of anilines is 1. The molecule has 0 fully saturated rings. The zero-order valence-corrected chi connectivity index (χ0v) is 15.1. The zero-order valence-electron chi connectivity index (χ0n) is 14.4. The summed E-state index contributed by atoms with van der Waals surface area (Å²) in [6.07, 6.45) is 0. The van der Waals surface area contributed by atoms with Crippen molar-refractivity contribution in [3.63, 3.8) is 0 Å². The monoisotopic (exact) mass is 366 g/mol. The van der Waals surface area contributed by atoms with Gasteiger partial charge in [0.05, 0.1) is 0 Å². The van der Waals surface area contributed by atoms with Crippen molar-refractivity contribution in [1.82, 2.24) is 15.5 Å².